The average Bonchev–Trinajstić information content (AvgIpc) is 3.43. The van der Waals surface area contributed by atoms with Gasteiger partial charge >= 0.3 is 0 Å². The van der Waals surface area contributed by atoms with Crippen LogP contribution < -0.4 is 5.56 Å². The standard InChI is InChI=1S/C24H32N4O2S/c1-16-10-13-31-21(16)15-27-12-9-19-18(14-27)23(29)26-22(25-19)20-8-5-11-28(20)24(30)17-6-3-2-4-7-17/h10,13,17,20H,2-9,11-12,14-15H2,1H3,(H,25,26,29). The van der Waals surface area contributed by atoms with E-state index in [-0.39, 0.29) is 23.4 Å². The van der Waals surface area contributed by atoms with Crippen molar-refractivity contribution in [1.29, 1.82) is 0 Å². The van der Waals surface area contributed by atoms with Crippen LogP contribution in [0, 0.1) is 12.8 Å². The van der Waals surface area contributed by atoms with Gasteiger partial charge < -0.3 is 9.88 Å². The molecule has 0 bridgehead atoms. The van der Waals surface area contributed by atoms with Crippen molar-refractivity contribution in [2.45, 2.75) is 77.4 Å². The molecule has 0 aromatic carbocycles. The Morgan fingerprint density at radius 2 is 2.03 bits per heavy atom. The Labute approximate surface area is 187 Å². The van der Waals surface area contributed by atoms with Gasteiger partial charge in [0.25, 0.3) is 5.56 Å². The molecule has 1 unspecified atom stereocenters. The normalized spacial score (nSPS) is 22.6. The van der Waals surface area contributed by atoms with Gasteiger partial charge in [0.15, 0.2) is 0 Å². The summed E-state index contributed by atoms with van der Waals surface area (Å²) in [4.78, 5) is 39.9. The Hall–Kier alpha value is -1.99. The SMILES string of the molecule is Cc1ccsc1CN1CCc2nc(C3CCCN3C(=O)C3CCCCC3)[nH]c(=O)c2C1. The molecule has 1 aliphatic carbocycles. The van der Waals surface area contributed by atoms with Gasteiger partial charge in [0.05, 0.1) is 17.3 Å². The molecular formula is C24H32N4O2S. The van der Waals surface area contributed by atoms with Crippen LogP contribution in [0.15, 0.2) is 16.2 Å². The lowest BCUT2D eigenvalue weighted by atomic mass is 9.88. The molecule has 3 aliphatic rings. The van der Waals surface area contributed by atoms with Crippen molar-refractivity contribution in [3.8, 4) is 0 Å². The molecule has 31 heavy (non-hydrogen) atoms. The average molecular weight is 441 g/mol. The third-order valence-corrected chi connectivity index (χ3v) is 8.32. The zero-order chi connectivity index (χ0) is 21.4. The highest BCUT2D eigenvalue weighted by Crippen LogP contribution is 2.34. The Morgan fingerprint density at radius 3 is 2.81 bits per heavy atom. The number of aromatic amines is 1. The molecule has 2 aromatic rings. The predicted octanol–water partition coefficient (Wildman–Crippen LogP) is 3.94. The molecule has 6 nitrogen and oxygen atoms in total. The minimum Gasteiger partial charge on any atom is -0.332 e. The summed E-state index contributed by atoms with van der Waals surface area (Å²) in [5.74, 6) is 1.14. The molecule has 2 aromatic heterocycles. The van der Waals surface area contributed by atoms with Crippen molar-refractivity contribution in [1.82, 2.24) is 19.8 Å². The molecule has 4 heterocycles. The number of carbonyl (C=O) groups is 1. The topological polar surface area (TPSA) is 69.3 Å². The van der Waals surface area contributed by atoms with E-state index in [2.05, 4.69) is 28.3 Å². The summed E-state index contributed by atoms with van der Waals surface area (Å²) in [6.45, 7) is 5.37. The fourth-order valence-corrected chi connectivity index (χ4v) is 6.41. The van der Waals surface area contributed by atoms with Crippen LogP contribution in [0.3, 0.4) is 0 Å². The highest BCUT2D eigenvalue weighted by Gasteiger charge is 2.36. The summed E-state index contributed by atoms with van der Waals surface area (Å²) >= 11 is 1.78. The van der Waals surface area contributed by atoms with Gasteiger partial charge in [-0.05, 0) is 49.6 Å². The van der Waals surface area contributed by atoms with Crippen LogP contribution in [-0.2, 0) is 24.3 Å². The van der Waals surface area contributed by atoms with Crippen molar-refractivity contribution in [2.75, 3.05) is 13.1 Å². The first kappa shape index (κ1) is 20.9. The predicted molar refractivity (Wildman–Crippen MR) is 122 cm³/mol. The van der Waals surface area contributed by atoms with Gasteiger partial charge in [0, 0.05) is 43.4 Å². The van der Waals surface area contributed by atoms with E-state index in [1.807, 2.05) is 4.90 Å². The highest BCUT2D eigenvalue weighted by atomic mass is 32.1. The fraction of sp³-hybridized carbons (Fsp3) is 0.625. The van der Waals surface area contributed by atoms with Crippen molar-refractivity contribution >= 4 is 17.2 Å². The first-order chi connectivity index (χ1) is 15.1. The van der Waals surface area contributed by atoms with Gasteiger partial charge in [-0.1, -0.05) is 19.3 Å². The third-order valence-electron chi connectivity index (χ3n) is 7.31. The lowest BCUT2D eigenvalue weighted by Crippen LogP contribution is -2.39. The number of fused-ring (bicyclic) bond motifs is 1. The molecule has 2 aliphatic heterocycles. The first-order valence-electron chi connectivity index (χ1n) is 11.8. The molecule has 1 N–H and O–H groups in total. The van der Waals surface area contributed by atoms with Crippen molar-refractivity contribution in [3.63, 3.8) is 0 Å². The molecule has 0 spiro atoms. The quantitative estimate of drug-likeness (QED) is 0.782. The smallest absolute Gasteiger partial charge is 0.255 e. The van der Waals surface area contributed by atoms with Crippen LogP contribution in [0.4, 0.5) is 0 Å². The van der Waals surface area contributed by atoms with Crippen molar-refractivity contribution in [2.24, 2.45) is 5.92 Å². The second-order valence-electron chi connectivity index (χ2n) is 9.39. The van der Waals surface area contributed by atoms with E-state index in [0.29, 0.717) is 12.4 Å². The third kappa shape index (κ3) is 4.22. The number of carbonyl (C=O) groups excluding carboxylic acids is 1. The zero-order valence-corrected chi connectivity index (χ0v) is 19.2. The molecule has 0 radical (unpaired) electrons. The number of rotatable bonds is 4. The summed E-state index contributed by atoms with van der Waals surface area (Å²) in [6.07, 6.45) is 8.25. The largest absolute Gasteiger partial charge is 0.332 e. The van der Waals surface area contributed by atoms with Gasteiger partial charge in [0.1, 0.15) is 5.82 Å². The number of amides is 1. The summed E-state index contributed by atoms with van der Waals surface area (Å²) in [5, 5.41) is 2.13. The molecule has 1 saturated carbocycles. The highest BCUT2D eigenvalue weighted by molar-refractivity contribution is 7.10. The lowest BCUT2D eigenvalue weighted by Gasteiger charge is -2.31. The van der Waals surface area contributed by atoms with Gasteiger partial charge in [0.2, 0.25) is 5.91 Å². The summed E-state index contributed by atoms with van der Waals surface area (Å²) in [7, 11) is 0. The number of hydrogen-bond acceptors (Lipinski definition) is 5. The maximum Gasteiger partial charge on any atom is 0.255 e. The fourth-order valence-electron chi connectivity index (χ4n) is 5.46. The molecule has 1 atom stereocenters. The monoisotopic (exact) mass is 440 g/mol. The van der Waals surface area contributed by atoms with E-state index < -0.39 is 0 Å². The van der Waals surface area contributed by atoms with Gasteiger partial charge in [-0.2, -0.15) is 0 Å². The van der Waals surface area contributed by atoms with Crippen LogP contribution in [-0.4, -0.2) is 38.8 Å². The Kier molecular flexibility index (Phi) is 5.97. The summed E-state index contributed by atoms with van der Waals surface area (Å²) in [5.41, 5.74) is 3.02. The van der Waals surface area contributed by atoms with E-state index in [0.717, 1.165) is 75.8 Å². The van der Waals surface area contributed by atoms with Gasteiger partial charge in [-0.15, -0.1) is 11.3 Å². The molecule has 166 valence electrons. The van der Waals surface area contributed by atoms with E-state index in [1.165, 1.54) is 16.9 Å². The second kappa shape index (κ2) is 8.87. The molecule has 5 rings (SSSR count). The maximum atomic E-state index is 13.2. The van der Waals surface area contributed by atoms with Gasteiger partial charge in [-0.25, -0.2) is 4.98 Å². The molecule has 7 heteroatoms. The van der Waals surface area contributed by atoms with E-state index in [1.54, 1.807) is 11.3 Å². The molecule has 1 amide bonds. The maximum absolute atomic E-state index is 13.2. The van der Waals surface area contributed by atoms with Crippen LogP contribution >= 0.6 is 11.3 Å². The number of aryl methyl sites for hydroxylation is 1. The van der Waals surface area contributed by atoms with Crippen molar-refractivity contribution < 1.29 is 4.79 Å². The number of H-pyrrole nitrogens is 1. The van der Waals surface area contributed by atoms with Crippen LogP contribution in [0.5, 0.6) is 0 Å². The minimum atomic E-state index is -0.0702. The summed E-state index contributed by atoms with van der Waals surface area (Å²) in [6, 6.07) is 2.08. The van der Waals surface area contributed by atoms with Crippen LogP contribution in [0.1, 0.15) is 78.5 Å². The Balaban J connectivity index is 1.33. The number of likely N-dealkylation sites (tertiary alicyclic amines) is 1. The molecular weight excluding hydrogens is 408 g/mol. The van der Waals surface area contributed by atoms with E-state index in [9.17, 15) is 9.59 Å². The lowest BCUT2D eigenvalue weighted by molar-refractivity contribution is -0.137. The number of nitrogens with one attached hydrogen (secondary N) is 1. The number of aromatic nitrogens is 2. The minimum absolute atomic E-state index is 0.0235. The first-order valence-corrected chi connectivity index (χ1v) is 12.7. The molecule has 2 fully saturated rings. The van der Waals surface area contributed by atoms with Crippen molar-refractivity contribution in [3.05, 3.63) is 49.3 Å². The van der Waals surface area contributed by atoms with Crippen LogP contribution in [0.25, 0.3) is 0 Å². The second-order valence-corrected chi connectivity index (χ2v) is 10.4. The van der Waals surface area contributed by atoms with E-state index >= 15 is 0 Å². The zero-order valence-electron chi connectivity index (χ0n) is 18.4. The number of thiophene rings is 1. The van der Waals surface area contributed by atoms with Gasteiger partial charge in [-0.3, -0.25) is 14.5 Å². The number of nitrogens with zero attached hydrogens (tertiary/aromatic N) is 3. The van der Waals surface area contributed by atoms with E-state index in [4.69, 9.17) is 4.98 Å². The molecule has 1 saturated heterocycles. The number of hydrogen-bond donors (Lipinski definition) is 1. The van der Waals surface area contributed by atoms with Crippen LogP contribution in [0.2, 0.25) is 0 Å². The Bertz CT molecular complexity index is 1010. The summed E-state index contributed by atoms with van der Waals surface area (Å²) < 4.78 is 0. The Morgan fingerprint density at radius 1 is 1.19 bits per heavy atom.